The first-order valence-corrected chi connectivity index (χ1v) is 5.45. The Bertz CT molecular complexity index is 293. The molecule has 0 radical (unpaired) electrons. The van der Waals surface area contributed by atoms with Gasteiger partial charge in [-0.15, -0.1) is 11.6 Å². The van der Waals surface area contributed by atoms with Crippen molar-refractivity contribution in [3.8, 4) is 0 Å². The first kappa shape index (κ1) is 11.5. The van der Waals surface area contributed by atoms with Gasteiger partial charge in [-0.1, -0.05) is 23.7 Å². The lowest BCUT2D eigenvalue weighted by Gasteiger charge is -2.00. The minimum Gasteiger partial charge on any atom is -0.299 e. The average molecular weight is 231 g/mol. The third-order valence-corrected chi connectivity index (χ3v) is 2.42. The highest BCUT2D eigenvalue weighted by Crippen LogP contribution is 2.11. The van der Waals surface area contributed by atoms with Gasteiger partial charge in [0.1, 0.15) is 5.78 Å². The Morgan fingerprint density at radius 1 is 1.21 bits per heavy atom. The SMILES string of the molecule is O=C(CCCCl)Cc1ccc(Cl)cc1. The van der Waals surface area contributed by atoms with Crippen LogP contribution in [-0.2, 0) is 11.2 Å². The molecule has 0 bridgehead atoms. The summed E-state index contributed by atoms with van der Waals surface area (Å²) >= 11 is 11.2. The van der Waals surface area contributed by atoms with E-state index in [0.717, 1.165) is 12.0 Å². The predicted octanol–water partition coefficient (Wildman–Crippen LogP) is 3.47. The molecule has 14 heavy (non-hydrogen) atoms. The van der Waals surface area contributed by atoms with Crippen molar-refractivity contribution < 1.29 is 4.79 Å². The molecule has 3 heteroatoms. The number of hydrogen-bond donors (Lipinski definition) is 0. The van der Waals surface area contributed by atoms with Gasteiger partial charge in [-0.05, 0) is 24.1 Å². The number of benzene rings is 1. The third-order valence-electron chi connectivity index (χ3n) is 1.90. The van der Waals surface area contributed by atoms with Crippen molar-refractivity contribution in [3.05, 3.63) is 34.9 Å². The molecule has 0 atom stereocenters. The fourth-order valence-corrected chi connectivity index (χ4v) is 1.44. The lowest BCUT2D eigenvalue weighted by Crippen LogP contribution is -2.02. The van der Waals surface area contributed by atoms with Gasteiger partial charge in [0.15, 0.2) is 0 Å². The number of halogens is 2. The van der Waals surface area contributed by atoms with Gasteiger partial charge in [-0.2, -0.15) is 0 Å². The van der Waals surface area contributed by atoms with Gasteiger partial charge in [0.2, 0.25) is 0 Å². The maximum absolute atomic E-state index is 11.4. The van der Waals surface area contributed by atoms with Gasteiger partial charge in [0.05, 0.1) is 0 Å². The third kappa shape index (κ3) is 4.12. The molecule has 0 fully saturated rings. The van der Waals surface area contributed by atoms with E-state index in [2.05, 4.69) is 0 Å². The fraction of sp³-hybridized carbons (Fsp3) is 0.364. The molecule has 0 aromatic heterocycles. The monoisotopic (exact) mass is 230 g/mol. The number of carbonyl (C=O) groups is 1. The summed E-state index contributed by atoms with van der Waals surface area (Å²) in [6.45, 7) is 0. The van der Waals surface area contributed by atoms with Gasteiger partial charge in [0.25, 0.3) is 0 Å². The second kappa shape index (κ2) is 6.05. The molecule has 0 aliphatic heterocycles. The summed E-state index contributed by atoms with van der Waals surface area (Å²) in [4.78, 5) is 11.4. The predicted molar refractivity (Wildman–Crippen MR) is 60.1 cm³/mol. The van der Waals surface area contributed by atoms with Crippen LogP contribution in [0, 0.1) is 0 Å². The van der Waals surface area contributed by atoms with Crippen LogP contribution in [0.15, 0.2) is 24.3 Å². The molecule has 0 unspecified atom stereocenters. The Morgan fingerprint density at radius 3 is 2.43 bits per heavy atom. The Balaban J connectivity index is 2.44. The summed E-state index contributed by atoms with van der Waals surface area (Å²) in [5.74, 6) is 0.778. The number of Topliss-reactive ketones (excluding diaryl/α,β-unsaturated/α-hetero) is 1. The highest BCUT2D eigenvalue weighted by Gasteiger charge is 2.02. The molecule has 0 heterocycles. The van der Waals surface area contributed by atoms with Crippen LogP contribution in [0.5, 0.6) is 0 Å². The molecular formula is C11H12Cl2O. The number of rotatable bonds is 5. The highest BCUT2D eigenvalue weighted by molar-refractivity contribution is 6.30. The molecule has 0 N–H and O–H groups in total. The van der Waals surface area contributed by atoms with Crippen LogP contribution >= 0.6 is 23.2 Å². The number of alkyl halides is 1. The quantitative estimate of drug-likeness (QED) is 0.709. The van der Waals surface area contributed by atoms with Crippen molar-refractivity contribution in [1.29, 1.82) is 0 Å². The zero-order valence-electron chi connectivity index (χ0n) is 7.80. The van der Waals surface area contributed by atoms with Gasteiger partial charge < -0.3 is 0 Å². The minimum absolute atomic E-state index is 0.230. The van der Waals surface area contributed by atoms with Crippen molar-refractivity contribution in [3.63, 3.8) is 0 Å². The van der Waals surface area contributed by atoms with E-state index in [0.29, 0.717) is 23.7 Å². The Kier molecular flexibility index (Phi) is 4.99. The van der Waals surface area contributed by atoms with Crippen molar-refractivity contribution in [2.24, 2.45) is 0 Å². The molecule has 0 aliphatic rings. The van der Waals surface area contributed by atoms with Gasteiger partial charge in [-0.3, -0.25) is 4.79 Å². The maximum atomic E-state index is 11.4. The van der Waals surface area contributed by atoms with Crippen molar-refractivity contribution in [2.75, 3.05) is 5.88 Å². The molecule has 0 spiro atoms. The minimum atomic E-state index is 0.230. The van der Waals surface area contributed by atoms with Crippen molar-refractivity contribution in [2.45, 2.75) is 19.3 Å². The second-order valence-electron chi connectivity index (χ2n) is 3.13. The van der Waals surface area contributed by atoms with E-state index in [1.165, 1.54) is 0 Å². The van der Waals surface area contributed by atoms with Crippen LogP contribution in [0.25, 0.3) is 0 Å². The first-order chi connectivity index (χ1) is 6.72. The number of ketones is 1. The average Bonchev–Trinajstić information content (AvgIpc) is 2.18. The van der Waals surface area contributed by atoms with Crippen LogP contribution in [0.4, 0.5) is 0 Å². The molecule has 1 aromatic carbocycles. The Morgan fingerprint density at radius 2 is 1.86 bits per heavy atom. The van der Waals surface area contributed by atoms with E-state index in [9.17, 15) is 4.79 Å². The summed E-state index contributed by atoms with van der Waals surface area (Å²) in [7, 11) is 0. The van der Waals surface area contributed by atoms with Crippen LogP contribution in [0.3, 0.4) is 0 Å². The Labute approximate surface area is 94.0 Å². The number of carbonyl (C=O) groups excluding carboxylic acids is 1. The summed E-state index contributed by atoms with van der Waals surface area (Å²) in [5, 5.41) is 0.696. The summed E-state index contributed by atoms with van der Waals surface area (Å²) < 4.78 is 0. The second-order valence-corrected chi connectivity index (χ2v) is 3.95. The van der Waals surface area contributed by atoms with Crippen LogP contribution in [-0.4, -0.2) is 11.7 Å². The fourth-order valence-electron chi connectivity index (χ4n) is 1.18. The zero-order valence-corrected chi connectivity index (χ0v) is 9.31. The molecule has 1 aromatic rings. The van der Waals surface area contributed by atoms with Gasteiger partial charge in [-0.25, -0.2) is 0 Å². The summed E-state index contributed by atoms with van der Waals surface area (Å²) in [6.07, 6.45) is 1.80. The number of hydrogen-bond acceptors (Lipinski definition) is 1. The van der Waals surface area contributed by atoms with Gasteiger partial charge in [0, 0.05) is 23.7 Å². The molecule has 0 saturated heterocycles. The molecule has 0 aliphatic carbocycles. The van der Waals surface area contributed by atoms with Crippen molar-refractivity contribution in [1.82, 2.24) is 0 Å². The van der Waals surface area contributed by atoms with Crippen molar-refractivity contribution >= 4 is 29.0 Å². The van der Waals surface area contributed by atoms with Gasteiger partial charge >= 0.3 is 0 Å². The largest absolute Gasteiger partial charge is 0.299 e. The molecule has 1 nitrogen and oxygen atoms in total. The Hall–Kier alpha value is -0.530. The van der Waals surface area contributed by atoms with E-state index in [1.54, 1.807) is 12.1 Å². The van der Waals surface area contributed by atoms with E-state index >= 15 is 0 Å². The standard InChI is InChI=1S/C11H12Cl2O/c12-7-1-2-11(14)8-9-3-5-10(13)6-4-9/h3-6H,1-2,7-8H2. The highest BCUT2D eigenvalue weighted by atomic mass is 35.5. The molecule has 0 saturated carbocycles. The summed E-state index contributed by atoms with van der Waals surface area (Å²) in [5.41, 5.74) is 1.01. The normalized spacial score (nSPS) is 10.1. The van der Waals surface area contributed by atoms with Crippen LogP contribution in [0.2, 0.25) is 5.02 Å². The molecule has 0 amide bonds. The maximum Gasteiger partial charge on any atom is 0.137 e. The van der Waals surface area contributed by atoms with E-state index in [-0.39, 0.29) is 5.78 Å². The molecule has 76 valence electrons. The lowest BCUT2D eigenvalue weighted by molar-refractivity contribution is -0.118. The zero-order chi connectivity index (χ0) is 10.4. The summed E-state index contributed by atoms with van der Waals surface area (Å²) in [6, 6.07) is 7.35. The van der Waals surface area contributed by atoms with Crippen LogP contribution in [0.1, 0.15) is 18.4 Å². The first-order valence-electron chi connectivity index (χ1n) is 4.54. The lowest BCUT2D eigenvalue weighted by atomic mass is 10.1. The van der Waals surface area contributed by atoms with Crippen LogP contribution < -0.4 is 0 Å². The molecule has 1 rings (SSSR count). The van der Waals surface area contributed by atoms with E-state index < -0.39 is 0 Å². The van der Waals surface area contributed by atoms with E-state index in [1.807, 2.05) is 12.1 Å². The smallest absolute Gasteiger partial charge is 0.137 e. The topological polar surface area (TPSA) is 17.1 Å². The molecular weight excluding hydrogens is 219 g/mol. The van der Waals surface area contributed by atoms with E-state index in [4.69, 9.17) is 23.2 Å².